The predicted octanol–water partition coefficient (Wildman–Crippen LogP) is 2.46. The molecule has 19 heavy (non-hydrogen) atoms. The number of carbonyl (C=O) groups is 1. The van der Waals surface area contributed by atoms with E-state index < -0.39 is 0 Å². The Bertz CT molecular complexity index is 815. The first kappa shape index (κ1) is 11.8. The minimum atomic E-state index is -0.358. The summed E-state index contributed by atoms with van der Waals surface area (Å²) in [5.74, 6) is -0.155. The summed E-state index contributed by atoms with van der Waals surface area (Å²) < 4.78 is 5.64. The van der Waals surface area contributed by atoms with Gasteiger partial charge in [0.2, 0.25) is 0 Å². The number of aromatic amines is 2. The molecule has 1 amide bonds. The van der Waals surface area contributed by atoms with Crippen LogP contribution in [0.4, 0.5) is 5.69 Å². The number of aromatic nitrogens is 2. The van der Waals surface area contributed by atoms with Crippen molar-refractivity contribution in [3.05, 3.63) is 51.2 Å². The number of fused-ring (bicyclic) bond motifs is 1. The molecule has 0 saturated carbocycles. The highest BCUT2D eigenvalue weighted by Crippen LogP contribution is 2.18. The second kappa shape index (κ2) is 4.43. The Morgan fingerprint density at radius 2 is 1.95 bits per heavy atom. The zero-order chi connectivity index (χ0) is 13.4. The number of hydrogen-bond donors (Lipinski definition) is 3. The highest BCUT2D eigenvalue weighted by molar-refractivity contribution is 9.10. The third kappa shape index (κ3) is 2.32. The maximum atomic E-state index is 11.9. The number of hydrogen-bond acceptors (Lipinski definition) is 3. The molecule has 0 aliphatic rings. The van der Waals surface area contributed by atoms with E-state index in [0.29, 0.717) is 21.4 Å². The van der Waals surface area contributed by atoms with Gasteiger partial charge in [0.1, 0.15) is 0 Å². The van der Waals surface area contributed by atoms with Gasteiger partial charge in [0.25, 0.3) is 5.91 Å². The average Bonchev–Trinajstić information content (AvgIpc) is 2.93. The molecular weight excluding hydrogens is 314 g/mol. The number of benzene rings is 1. The largest absolute Gasteiger partial charge is 0.444 e. The lowest BCUT2D eigenvalue weighted by Crippen LogP contribution is -2.10. The SMILES string of the molecule is O=C(Nc1ccc2[nH]c(=O)[nH]c2c1)c1ccc(Br)o1. The summed E-state index contributed by atoms with van der Waals surface area (Å²) in [6, 6.07) is 8.28. The van der Waals surface area contributed by atoms with E-state index in [2.05, 4.69) is 31.2 Å². The van der Waals surface area contributed by atoms with Crippen molar-refractivity contribution in [2.24, 2.45) is 0 Å². The molecule has 0 atom stereocenters. The number of anilines is 1. The average molecular weight is 322 g/mol. The Morgan fingerprint density at radius 3 is 2.68 bits per heavy atom. The van der Waals surface area contributed by atoms with Crippen molar-refractivity contribution in [3.63, 3.8) is 0 Å². The second-order valence-electron chi connectivity index (χ2n) is 3.90. The first-order valence-corrected chi connectivity index (χ1v) is 6.20. The zero-order valence-corrected chi connectivity index (χ0v) is 11.1. The van der Waals surface area contributed by atoms with Crippen molar-refractivity contribution in [1.82, 2.24) is 9.97 Å². The number of nitrogens with one attached hydrogen (secondary N) is 3. The summed E-state index contributed by atoms with van der Waals surface area (Å²) in [5.41, 5.74) is 1.60. The number of carbonyl (C=O) groups excluding carboxylic acids is 1. The summed E-state index contributed by atoms with van der Waals surface area (Å²) in [6.45, 7) is 0. The molecule has 0 bridgehead atoms. The second-order valence-corrected chi connectivity index (χ2v) is 4.68. The minimum Gasteiger partial charge on any atom is -0.444 e. The molecule has 2 aromatic heterocycles. The van der Waals surface area contributed by atoms with E-state index in [4.69, 9.17) is 4.42 Å². The Balaban J connectivity index is 1.88. The number of furan rings is 1. The van der Waals surface area contributed by atoms with Gasteiger partial charge in [-0.3, -0.25) is 4.79 Å². The van der Waals surface area contributed by atoms with Crippen molar-refractivity contribution in [2.75, 3.05) is 5.32 Å². The van der Waals surface area contributed by atoms with Crippen molar-refractivity contribution in [1.29, 1.82) is 0 Å². The first-order valence-electron chi connectivity index (χ1n) is 5.40. The summed E-state index contributed by atoms with van der Waals surface area (Å²) in [5, 5.41) is 2.68. The van der Waals surface area contributed by atoms with Crippen LogP contribution in [0.1, 0.15) is 10.6 Å². The number of H-pyrrole nitrogens is 2. The van der Waals surface area contributed by atoms with E-state index in [1.54, 1.807) is 30.3 Å². The van der Waals surface area contributed by atoms with E-state index in [1.807, 2.05) is 0 Å². The number of rotatable bonds is 2. The molecule has 0 fully saturated rings. The molecule has 3 rings (SSSR count). The molecule has 96 valence electrons. The van der Waals surface area contributed by atoms with Crippen LogP contribution in [0.5, 0.6) is 0 Å². The van der Waals surface area contributed by atoms with Gasteiger partial charge in [0.15, 0.2) is 10.4 Å². The fourth-order valence-electron chi connectivity index (χ4n) is 1.74. The van der Waals surface area contributed by atoms with Crippen LogP contribution in [0.3, 0.4) is 0 Å². The minimum absolute atomic E-state index is 0.203. The lowest BCUT2D eigenvalue weighted by atomic mass is 10.2. The molecule has 0 aliphatic carbocycles. The molecule has 0 aliphatic heterocycles. The van der Waals surface area contributed by atoms with Crippen molar-refractivity contribution in [2.45, 2.75) is 0 Å². The first-order chi connectivity index (χ1) is 9.11. The van der Waals surface area contributed by atoms with Crippen LogP contribution in [0, 0.1) is 0 Å². The van der Waals surface area contributed by atoms with Gasteiger partial charge in [0, 0.05) is 5.69 Å². The predicted molar refractivity (Wildman–Crippen MR) is 73.3 cm³/mol. The van der Waals surface area contributed by atoms with Gasteiger partial charge in [-0.15, -0.1) is 0 Å². The Labute approximate surface area is 114 Å². The van der Waals surface area contributed by atoms with E-state index in [0.717, 1.165) is 0 Å². The van der Waals surface area contributed by atoms with Crippen LogP contribution in [-0.4, -0.2) is 15.9 Å². The fourth-order valence-corrected chi connectivity index (χ4v) is 2.05. The highest BCUT2D eigenvalue weighted by atomic mass is 79.9. The molecule has 1 aromatic carbocycles. The normalized spacial score (nSPS) is 10.8. The Hall–Kier alpha value is -2.28. The number of imidazole rings is 1. The summed E-state index contributed by atoms with van der Waals surface area (Å²) in [4.78, 5) is 28.2. The molecule has 3 aromatic rings. The standard InChI is InChI=1S/C12H8BrN3O3/c13-10-4-3-9(19-10)11(17)14-6-1-2-7-8(5-6)16-12(18)15-7/h1-5H,(H,14,17)(H2,15,16,18). The third-order valence-electron chi connectivity index (χ3n) is 2.57. The van der Waals surface area contributed by atoms with Crippen LogP contribution in [0.2, 0.25) is 0 Å². The summed E-state index contributed by atoms with van der Waals surface area (Å²) in [7, 11) is 0. The van der Waals surface area contributed by atoms with Gasteiger partial charge in [-0.1, -0.05) is 0 Å². The van der Waals surface area contributed by atoms with Gasteiger partial charge in [0.05, 0.1) is 11.0 Å². The van der Waals surface area contributed by atoms with Gasteiger partial charge in [-0.05, 0) is 46.3 Å². The van der Waals surface area contributed by atoms with Crippen molar-refractivity contribution in [3.8, 4) is 0 Å². The van der Waals surface area contributed by atoms with Crippen LogP contribution in [0.15, 0.2) is 44.2 Å². The quantitative estimate of drug-likeness (QED) is 0.677. The topological polar surface area (TPSA) is 90.9 Å². The molecule has 0 unspecified atom stereocenters. The van der Waals surface area contributed by atoms with Gasteiger partial charge >= 0.3 is 5.69 Å². The summed E-state index contributed by atoms with van der Waals surface area (Å²) >= 11 is 3.13. The molecule has 3 N–H and O–H groups in total. The molecule has 0 spiro atoms. The van der Waals surface area contributed by atoms with E-state index in [-0.39, 0.29) is 17.4 Å². The van der Waals surface area contributed by atoms with E-state index >= 15 is 0 Å². The van der Waals surface area contributed by atoms with Crippen LogP contribution in [-0.2, 0) is 0 Å². The number of amides is 1. The van der Waals surface area contributed by atoms with Gasteiger partial charge < -0.3 is 19.7 Å². The molecular formula is C12H8BrN3O3. The Kier molecular flexibility index (Phi) is 2.75. The van der Waals surface area contributed by atoms with Crippen molar-refractivity contribution < 1.29 is 9.21 Å². The lowest BCUT2D eigenvalue weighted by molar-refractivity contribution is 0.0995. The molecule has 7 heteroatoms. The zero-order valence-electron chi connectivity index (χ0n) is 9.49. The molecule has 2 heterocycles. The van der Waals surface area contributed by atoms with Gasteiger partial charge in [-0.25, -0.2) is 4.79 Å². The smallest absolute Gasteiger partial charge is 0.323 e. The van der Waals surface area contributed by atoms with E-state index in [1.165, 1.54) is 0 Å². The third-order valence-corrected chi connectivity index (χ3v) is 3.00. The van der Waals surface area contributed by atoms with Crippen LogP contribution >= 0.6 is 15.9 Å². The summed E-state index contributed by atoms with van der Waals surface area (Å²) in [6.07, 6.45) is 0. The molecule has 6 nitrogen and oxygen atoms in total. The number of halogens is 1. The van der Waals surface area contributed by atoms with Crippen LogP contribution in [0.25, 0.3) is 11.0 Å². The maximum Gasteiger partial charge on any atom is 0.323 e. The molecule has 0 radical (unpaired) electrons. The van der Waals surface area contributed by atoms with Crippen LogP contribution < -0.4 is 11.0 Å². The Morgan fingerprint density at radius 1 is 1.16 bits per heavy atom. The monoisotopic (exact) mass is 321 g/mol. The van der Waals surface area contributed by atoms with E-state index in [9.17, 15) is 9.59 Å². The highest BCUT2D eigenvalue weighted by Gasteiger charge is 2.11. The lowest BCUT2D eigenvalue weighted by Gasteiger charge is -2.02. The van der Waals surface area contributed by atoms with Gasteiger partial charge in [-0.2, -0.15) is 0 Å². The van der Waals surface area contributed by atoms with Crippen molar-refractivity contribution >= 4 is 38.6 Å². The maximum absolute atomic E-state index is 11.9. The fraction of sp³-hybridized carbons (Fsp3) is 0. The molecule has 0 saturated heterocycles.